The molecule has 0 bridgehead atoms. The van der Waals surface area contributed by atoms with Crippen LogP contribution in [0.2, 0.25) is 10.0 Å². The van der Waals surface area contributed by atoms with E-state index in [-0.39, 0.29) is 5.91 Å². The summed E-state index contributed by atoms with van der Waals surface area (Å²) in [6.07, 6.45) is 3.03. The van der Waals surface area contributed by atoms with Crippen LogP contribution in [0.4, 0.5) is 5.82 Å². The van der Waals surface area contributed by atoms with Gasteiger partial charge in [0.25, 0.3) is 5.91 Å². The first-order valence-electron chi connectivity index (χ1n) is 6.64. The minimum Gasteiger partial charge on any atom is -0.457 e. The van der Waals surface area contributed by atoms with E-state index in [1.165, 1.54) is 6.26 Å². The Hall–Kier alpha value is -1.24. The van der Waals surface area contributed by atoms with Crippen molar-refractivity contribution >= 4 is 50.9 Å². The predicted octanol–water partition coefficient (Wildman–Crippen LogP) is 3.71. The molecule has 2 aromatic rings. The van der Waals surface area contributed by atoms with Crippen LogP contribution in [-0.2, 0) is 0 Å². The van der Waals surface area contributed by atoms with Crippen LogP contribution in [0, 0.1) is 0 Å². The van der Waals surface area contributed by atoms with E-state index in [1.807, 2.05) is 4.90 Å². The number of anilines is 1. The molecule has 2 aromatic heterocycles. The molecule has 1 aliphatic heterocycles. The molecular formula is C14H12BrCl2N3O2. The monoisotopic (exact) mass is 403 g/mol. The molecule has 116 valence electrons. The average molecular weight is 405 g/mol. The zero-order valence-corrected chi connectivity index (χ0v) is 14.5. The Morgan fingerprint density at radius 2 is 1.95 bits per heavy atom. The van der Waals surface area contributed by atoms with Crippen molar-refractivity contribution in [2.24, 2.45) is 0 Å². The highest BCUT2D eigenvalue weighted by molar-refractivity contribution is 9.10. The van der Waals surface area contributed by atoms with Crippen LogP contribution in [0.15, 0.2) is 33.7 Å². The maximum Gasteiger partial charge on any atom is 0.257 e. The topological polar surface area (TPSA) is 49.6 Å². The molecule has 1 amide bonds. The summed E-state index contributed by atoms with van der Waals surface area (Å²) in [6.45, 7) is 2.53. The molecule has 3 heterocycles. The summed E-state index contributed by atoms with van der Waals surface area (Å²) in [4.78, 5) is 20.4. The van der Waals surface area contributed by atoms with E-state index in [0.717, 1.165) is 0 Å². The zero-order chi connectivity index (χ0) is 15.7. The first-order chi connectivity index (χ1) is 10.5. The second-order valence-corrected chi connectivity index (χ2v) is 6.50. The fraction of sp³-hybridized carbons (Fsp3) is 0.286. The summed E-state index contributed by atoms with van der Waals surface area (Å²) < 4.78 is 5.66. The van der Waals surface area contributed by atoms with Gasteiger partial charge in [-0.1, -0.05) is 23.2 Å². The average Bonchev–Trinajstić information content (AvgIpc) is 2.93. The number of nitrogens with zero attached hydrogens (tertiary/aromatic N) is 3. The molecule has 0 saturated carbocycles. The first kappa shape index (κ1) is 15.6. The fourth-order valence-electron chi connectivity index (χ4n) is 2.37. The minimum absolute atomic E-state index is 0.0377. The van der Waals surface area contributed by atoms with Crippen LogP contribution < -0.4 is 4.90 Å². The Bertz CT molecular complexity index is 699. The predicted molar refractivity (Wildman–Crippen MR) is 88.8 cm³/mol. The van der Waals surface area contributed by atoms with Crippen molar-refractivity contribution in [3.63, 3.8) is 0 Å². The molecule has 1 aliphatic rings. The standard InChI is InChI=1S/C14H12BrCl2N3O2/c15-12-5-9(8-22-12)14(21)20-3-1-19(2-4-20)13-11(17)6-10(16)7-18-13/h5-8H,1-4H2. The molecule has 0 aliphatic carbocycles. The van der Waals surface area contributed by atoms with Crippen molar-refractivity contribution in [3.05, 3.63) is 44.9 Å². The SMILES string of the molecule is O=C(c1coc(Br)c1)N1CCN(c2ncc(Cl)cc2Cl)CC1. The van der Waals surface area contributed by atoms with Crippen LogP contribution in [0.5, 0.6) is 0 Å². The summed E-state index contributed by atoms with van der Waals surface area (Å²) in [7, 11) is 0. The number of pyridine rings is 1. The first-order valence-corrected chi connectivity index (χ1v) is 8.19. The summed E-state index contributed by atoms with van der Waals surface area (Å²) in [5, 5.41) is 1.03. The molecule has 0 unspecified atom stereocenters. The number of furan rings is 1. The number of piperazine rings is 1. The summed E-state index contributed by atoms with van der Waals surface area (Å²) in [6, 6.07) is 3.35. The Balaban J connectivity index is 1.66. The number of hydrogen-bond donors (Lipinski definition) is 0. The van der Waals surface area contributed by atoms with Crippen LogP contribution in [0.3, 0.4) is 0 Å². The van der Waals surface area contributed by atoms with Crippen molar-refractivity contribution < 1.29 is 9.21 Å². The number of halogens is 3. The van der Waals surface area contributed by atoms with Gasteiger partial charge in [0.2, 0.25) is 0 Å². The van der Waals surface area contributed by atoms with E-state index in [9.17, 15) is 4.79 Å². The molecule has 0 aromatic carbocycles. The minimum atomic E-state index is -0.0377. The number of carbonyl (C=O) groups excluding carboxylic acids is 1. The maximum absolute atomic E-state index is 12.3. The van der Waals surface area contributed by atoms with E-state index in [4.69, 9.17) is 27.6 Å². The number of carbonyl (C=O) groups is 1. The maximum atomic E-state index is 12.3. The van der Waals surface area contributed by atoms with E-state index in [0.29, 0.717) is 52.3 Å². The lowest BCUT2D eigenvalue weighted by molar-refractivity contribution is 0.0746. The normalized spacial score (nSPS) is 15.2. The number of amides is 1. The Morgan fingerprint density at radius 3 is 2.55 bits per heavy atom. The zero-order valence-electron chi connectivity index (χ0n) is 11.4. The van der Waals surface area contributed by atoms with Gasteiger partial charge in [-0.15, -0.1) is 0 Å². The molecule has 5 nitrogen and oxygen atoms in total. The summed E-state index contributed by atoms with van der Waals surface area (Å²) in [5.41, 5.74) is 0.544. The van der Waals surface area contributed by atoms with Crippen LogP contribution in [0.25, 0.3) is 0 Å². The van der Waals surface area contributed by atoms with Gasteiger partial charge in [-0.25, -0.2) is 4.98 Å². The van der Waals surface area contributed by atoms with E-state index in [2.05, 4.69) is 20.9 Å². The van der Waals surface area contributed by atoms with Crippen molar-refractivity contribution in [2.75, 3.05) is 31.1 Å². The largest absolute Gasteiger partial charge is 0.457 e. The molecule has 22 heavy (non-hydrogen) atoms. The molecule has 1 fully saturated rings. The molecule has 0 spiro atoms. The molecule has 0 radical (unpaired) electrons. The van der Waals surface area contributed by atoms with E-state index < -0.39 is 0 Å². The Kier molecular flexibility index (Phi) is 4.61. The van der Waals surface area contributed by atoms with Gasteiger partial charge in [0.05, 0.1) is 15.6 Å². The third-order valence-electron chi connectivity index (χ3n) is 3.47. The van der Waals surface area contributed by atoms with Crippen molar-refractivity contribution in [2.45, 2.75) is 0 Å². The number of hydrogen-bond acceptors (Lipinski definition) is 4. The van der Waals surface area contributed by atoms with Gasteiger partial charge >= 0.3 is 0 Å². The lowest BCUT2D eigenvalue weighted by atomic mass is 10.2. The van der Waals surface area contributed by atoms with Gasteiger partial charge in [-0.3, -0.25) is 4.79 Å². The lowest BCUT2D eigenvalue weighted by Gasteiger charge is -2.35. The summed E-state index contributed by atoms with van der Waals surface area (Å²) >= 11 is 15.2. The third-order valence-corrected chi connectivity index (χ3v) is 4.37. The second kappa shape index (κ2) is 6.48. The van der Waals surface area contributed by atoms with Crippen molar-refractivity contribution in [1.29, 1.82) is 0 Å². The van der Waals surface area contributed by atoms with Crippen LogP contribution in [-0.4, -0.2) is 42.0 Å². The van der Waals surface area contributed by atoms with Crippen molar-refractivity contribution in [1.82, 2.24) is 9.88 Å². The highest BCUT2D eigenvalue weighted by atomic mass is 79.9. The van der Waals surface area contributed by atoms with Gasteiger partial charge < -0.3 is 14.2 Å². The molecule has 1 saturated heterocycles. The van der Waals surface area contributed by atoms with Crippen LogP contribution >= 0.6 is 39.1 Å². The van der Waals surface area contributed by atoms with Crippen LogP contribution in [0.1, 0.15) is 10.4 Å². The van der Waals surface area contributed by atoms with Crippen molar-refractivity contribution in [3.8, 4) is 0 Å². The smallest absolute Gasteiger partial charge is 0.257 e. The van der Waals surface area contributed by atoms with Gasteiger partial charge in [-0.2, -0.15) is 0 Å². The molecule has 3 rings (SSSR count). The van der Waals surface area contributed by atoms with Gasteiger partial charge in [0.1, 0.15) is 12.1 Å². The van der Waals surface area contributed by atoms with E-state index >= 15 is 0 Å². The Morgan fingerprint density at radius 1 is 1.23 bits per heavy atom. The molecule has 8 heteroatoms. The Labute approximate surface area is 145 Å². The highest BCUT2D eigenvalue weighted by Gasteiger charge is 2.24. The lowest BCUT2D eigenvalue weighted by Crippen LogP contribution is -2.49. The second-order valence-electron chi connectivity index (χ2n) is 4.88. The molecule has 0 atom stereocenters. The number of rotatable bonds is 2. The van der Waals surface area contributed by atoms with Gasteiger partial charge in [0.15, 0.2) is 4.67 Å². The molecule has 0 N–H and O–H groups in total. The van der Waals surface area contributed by atoms with Gasteiger partial charge in [0, 0.05) is 38.4 Å². The van der Waals surface area contributed by atoms with Gasteiger partial charge in [-0.05, 0) is 22.0 Å². The third kappa shape index (κ3) is 3.24. The molecular weight excluding hydrogens is 393 g/mol. The quantitative estimate of drug-likeness (QED) is 0.765. The number of aromatic nitrogens is 1. The summed E-state index contributed by atoms with van der Waals surface area (Å²) in [5.74, 6) is 0.661. The van der Waals surface area contributed by atoms with E-state index in [1.54, 1.807) is 23.2 Å². The highest BCUT2D eigenvalue weighted by Crippen LogP contribution is 2.27. The fourth-order valence-corrected chi connectivity index (χ4v) is 3.21.